The molecule has 7 heteroatoms. The minimum atomic E-state index is -0.0166. The minimum Gasteiger partial charge on any atom is -0.454 e. The average molecular weight is 346 g/mol. The molecule has 0 spiro atoms. The Morgan fingerprint density at radius 3 is 3.12 bits per heavy atom. The van der Waals surface area contributed by atoms with E-state index in [0.29, 0.717) is 11.6 Å². The lowest BCUT2D eigenvalue weighted by atomic mass is 10.1. The van der Waals surface area contributed by atoms with Gasteiger partial charge in [0.1, 0.15) is 0 Å². The molecule has 126 valence electrons. The highest BCUT2D eigenvalue weighted by molar-refractivity contribution is 7.14. The highest BCUT2D eigenvalue weighted by Crippen LogP contribution is 2.36. The zero-order valence-electron chi connectivity index (χ0n) is 13.1. The van der Waals surface area contributed by atoms with E-state index in [4.69, 9.17) is 14.2 Å². The van der Waals surface area contributed by atoms with Crippen LogP contribution in [0.5, 0.6) is 11.5 Å². The summed E-state index contributed by atoms with van der Waals surface area (Å²) in [5.41, 5.74) is 1.75. The predicted octanol–water partition coefficient (Wildman–Crippen LogP) is 3.44. The van der Waals surface area contributed by atoms with E-state index in [1.807, 2.05) is 23.6 Å². The second-order valence-corrected chi connectivity index (χ2v) is 6.69. The summed E-state index contributed by atoms with van der Waals surface area (Å²) in [6.07, 6.45) is 3.61. The number of anilines is 1. The fourth-order valence-electron chi connectivity index (χ4n) is 2.87. The van der Waals surface area contributed by atoms with Gasteiger partial charge in [-0.2, -0.15) is 0 Å². The third-order valence-electron chi connectivity index (χ3n) is 4.14. The van der Waals surface area contributed by atoms with Crippen molar-refractivity contribution in [1.82, 2.24) is 4.98 Å². The van der Waals surface area contributed by atoms with Crippen LogP contribution < -0.4 is 14.8 Å². The van der Waals surface area contributed by atoms with Gasteiger partial charge in [0.25, 0.3) is 0 Å². The number of amides is 1. The van der Waals surface area contributed by atoms with E-state index in [9.17, 15) is 4.79 Å². The van der Waals surface area contributed by atoms with Crippen molar-refractivity contribution in [2.45, 2.75) is 31.8 Å². The molecule has 3 heterocycles. The van der Waals surface area contributed by atoms with Gasteiger partial charge in [-0.1, -0.05) is 0 Å². The lowest BCUT2D eigenvalue weighted by Crippen LogP contribution is -2.15. The van der Waals surface area contributed by atoms with Gasteiger partial charge >= 0.3 is 0 Å². The number of aromatic nitrogens is 1. The molecule has 0 unspecified atom stereocenters. The fraction of sp³-hybridized carbons (Fsp3) is 0.412. The number of fused-ring (bicyclic) bond motifs is 1. The van der Waals surface area contributed by atoms with Crippen molar-refractivity contribution in [2.75, 3.05) is 18.7 Å². The fourth-order valence-corrected chi connectivity index (χ4v) is 3.60. The van der Waals surface area contributed by atoms with E-state index >= 15 is 0 Å². The molecule has 0 aliphatic carbocycles. The van der Waals surface area contributed by atoms with Gasteiger partial charge in [-0.05, 0) is 37.5 Å². The quantitative estimate of drug-likeness (QED) is 0.898. The summed E-state index contributed by atoms with van der Waals surface area (Å²) in [4.78, 5) is 16.5. The molecule has 2 aromatic rings. The van der Waals surface area contributed by atoms with Crippen LogP contribution in [0.15, 0.2) is 23.6 Å². The van der Waals surface area contributed by atoms with Gasteiger partial charge in [-0.25, -0.2) is 4.98 Å². The SMILES string of the molecule is O=C(CC[C@H]1CCCO1)Nc1nc(-c2ccc3c(c2)OCO3)cs1. The molecule has 1 aromatic heterocycles. The Hall–Kier alpha value is -2.12. The van der Waals surface area contributed by atoms with Crippen molar-refractivity contribution in [3.8, 4) is 22.8 Å². The molecule has 1 fully saturated rings. The Morgan fingerprint density at radius 2 is 2.25 bits per heavy atom. The van der Waals surface area contributed by atoms with Gasteiger partial charge in [0, 0.05) is 24.0 Å². The third-order valence-corrected chi connectivity index (χ3v) is 4.89. The minimum absolute atomic E-state index is 0.0166. The van der Waals surface area contributed by atoms with Gasteiger partial charge in [0.15, 0.2) is 16.6 Å². The van der Waals surface area contributed by atoms with Crippen molar-refractivity contribution in [3.05, 3.63) is 23.6 Å². The second kappa shape index (κ2) is 6.78. The van der Waals surface area contributed by atoms with E-state index in [0.717, 1.165) is 48.6 Å². The number of hydrogen-bond acceptors (Lipinski definition) is 6. The van der Waals surface area contributed by atoms with Crippen molar-refractivity contribution in [1.29, 1.82) is 0 Å². The topological polar surface area (TPSA) is 69.7 Å². The maximum atomic E-state index is 12.0. The summed E-state index contributed by atoms with van der Waals surface area (Å²) >= 11 is 1.42. The molecule has 0 saturated carbocycles. The maximum Gasteiger partial charge on any atom is 0.231 e. The number of rotatable bonds is 5. The number of ether oxygens (including phenoxy) is 3. The standard InChI is InChI=1S/C17H18N2O4S/c20-16(6-4-12-2-1-7-21-12)19-17-18-13(9-24-17)11-3-5-14-15(8-11)23-10-22-14/h3,5,8-9,12H,1-2,4,6-7,10H2,(H,18,19,20)/t12-/m1/s1. The zero-order chi connectivity index (χ0) is 16.4. The van der Waals surface area contributed by atoms with Crippen molar-refractivity contribution < 1.29 is 19.0 Å². The van der Waals surface area contributed by atoms with Crippen LogP contribution in [-0.4, -0.2) is 30.4 Å². The molecule has 1 amide bonds. The van der Waals surface area contributed by atoms with Crippen LogP contribution in [0.25, 0.3) is 11.3 Å². The summed E-state index contributed by atoms with van der Waals surface area (Å²) in [7, 11) is 0. The van der Waals surface area contributed by atoms with Crippen LogP contribution in [0.1, 0.15) is 25.7 Å². The highest BCUT2D eigenvalue weighted by atomic mass is 32.1. The average Bonchev–Trinajstić information content (AvgIpc) is 3.33. The first-order valence-electron chi connectivity index (χ1n) is 8.05. The normalized spacial score (nSPS) is 18.8. The molecular formula is C17H18N2O4S. The van der Waals surface area contributed by atoms with Crippen LogP contribution in [0.2, 0.25) is 0 Å². The first kappa shape index (κ1) is 15.4. The Bertz CT molecular complexity index is 740. The monoisotopic (exact) mass is 346 g/mol. The second-order valence-electron chi connectivity index (χ2n) is 5.83. The number of nitrogens with zero attached hydrogens (tertiary/aromatic N) is 1. The van der Waals surface area contributed by atoms with E-state index in [1.165, 1.54) is 11.3 Å². The van der Waals surface area contributed by atoms with E-state index in [1.54, 1.807) is 0 Å². The highest BCUT2D eigenvalue weighted by Gasteiger charge is 2.18. The summed E-state index contributed by atoms with van der Waals surface area (Å²) in [5.74, 6) is 1.45. The third kappa shape index (κ3) is 3.37. The number of carbonyl (C=O) groups is 1. The lowest BCUT2D eigenvalue weighted by Gasteiger charge is -2.08. The molecule has 1 saturated heterocycles. The molecule has 1 N–H and O–H groups in total. The van der Waals surface area contributed by atoms with Crippen molar-refractivity contribution >= 4 is 22.4 Å². The van der Waals surface area contributed by atoms with Crippen molar-refractivity contribution in [3.63, 3.8) is 0 Å². The van der Waals surface area contributed by atoms with Crippen molar-refractivity contribution in [2.24, 2.45) is 0 Å². The molecule has 1 aromatic carbocycles. The lowest BCUT2D eigenvalue weighted by molar-refractivity contribution is -0.116. The number of thiazole rings is 1. The number of benzene rings is 1. The van der Waals surface area contributed by atoms with Gasteiger partial charge in [0.2, 0.25) is 12.7 Å². The largest absolute Gasteiger partial charge is 0.454 e. The summed E-state index contributed by atoms with van der Waals surface area (Å²) in [5, 5.41) is 5.40. The van der Waals surface area contributed by atoms with Crippen LogP contribution >= 0.6 is 11.3 Å². The van der Waals surface area contributed by atoms with E-state index < -0.39 is 0 Å². The maximum absolute atomic E-state index is 12.0. The number of nitrogens with one attached hydrogen (secondary N) is 1. The van der Waals surface area contributed by atoms with Crippen LogP contribution in [0.4, 0.5) is 5.13 Å². The first-order valence-corrected chi connectivity index (χ1v) is 8.93. The van der Waals surface area contributed by atoms with Gasteiger partial charge in [0.05, 0.1) is 11.8 Å². The molecular weight excluding hydrogens is 328 g/mol. The smallest absolute Gasteiger partial charge is 0.231 e. The molecule has 2 aliphatic heterocycles. The zero-order valence-corrected chi connectivity index (χ0v) is 13.9. The first-order chi connectivity index (χ1) is 11.8. The Balaban J connectivity index is 1.36. The molecule has 1 atom stereocenters. The van der Waals surface area contributed by atoms with E-state index in [-0.39, 0.29) is 18.8 Å². The van der Waals surface area contributed by atoms with Crippen LogP contribution in [-0.2, 0) is 9.53 Å². The molecule has 6 nitrogen and oxygen atoms in total. The van der Waals surface area contributed by atoms with Gasteiger partial charge in [-0.15, -0.1) is 11.3 Å². The molecule has 4 rings (SSSR count). The predicted molar refractivity (Wildman–Crippen MR) is 90.5 cm³/mol. The number of carbonyl (C=O) groups excluding carboxylic acids is 1. The molecule has 0 bridgehead atoms. The van der Waals surface area contributed by atoms with Gasteiger partial charge in [-0.3, -0.25) is 4.79 Å². The molecule has 2 aliphatic rings. The number of hydrogen-bond donors (Lipinski definition) is 1. The van der Waals surface area contributed by atoms with E-state index in [2.05, 4.69) is 10.3 Å². The Labute approximate surface area is 143 Å². The summed E-state index contributed by atoms with van der Waals surface area (Å²) in [6, 6.07) is 5.71. The summed E-state index contributed by atoms with van der Waals surface area (Å²) in [6.45, 7) is 1.07. The Morgan fingerprint density at radius 1 is 1.33 bits per heavy atom. The molecule has 0 radical (unpaired) electrons. The molecule has 24 heavy (non-hydrogen) atoms. The van der Waals surface area contributed by atoms with Crippen LogP contribution in [0.3, 0.4) is 0 Å². The Kier molecular flexibility index (Phi) is 4.36. The van der Waals surface area contributed by atoms with Gasteiger partial charge < -0.3 is 19.5 Å². The summed E-state index contributed by atoms with van der Waals surface area (Å²) < 4.78 is 16.2. The van der Waals surface area contributed by atoms with Crippen LogP contribution in [0, 0.1) is 0 Å².